The first-order valence-corrected chi connectivity index (χ1v) is 7.32. The van der Waals surface area contributed by atoms with Gasteiger partial charge in [-0.05, 0) is 57.9 Å². The quantitative estimate of drug-likeness (QED) is 0.889. The molecule has 0 atom stereocenters. The topological polar surface area (TPSA) is 29.9 Å². The van der Waals surface area contributed by atoms with Gasteiger partial charge in [0.1, 0.15) is 0 Å². The molecule has 1 heterocycles. The molecule has 3 heteroatoms. The van der Waals surface area contributed by atoms with E-state index in [1.54, 1.807) is 0 Å². The van der Waals surface area contributed by atoms with E-state index < -0.39 is 0 Å². The van der Waals surface area contributed by atoms with Crippen molar-refractivity contribution >= 4 is 0 Å². The molecule has 0 saturated heterocycles. The van der Waals surface area contributed by atoms with Crippen molar-refractivity contribution in [2.24, 2.45) is 5.92 Å². The maximum absolute atomic E-state index is 4.58. The second-order valence-electron chi connectivity index (χ2n) is 5.93. The van der Waals surface area contributed by atoms with Gasteiger partial charge in [0.05, 0.1) is 12.2 Å². The number of nitrogens with zero attached hydrogens (tertiary/aromatic N) is 2. The van der Waals surface area contributed by atoms with Crippen LogP contribution < -0.4 is 5.32 Å². The molecule has 1 aromatic rings. The van der Waals surface area contributed by atoms with Crippen LogP contribution in [0.15, 0.2) is 0 Å². The van der Waals surface area contributed by atoms with Gasteiger partial charge in [0.15, 0.2) is 0 Å². The zero-order valence-electron chi connectivity index (χ0n) is 12.3. The lowest BCUT2D eigenvalue weighted by Crippen LogP contribution is -2.35. The third-order valence-corrected chi connectivity index (χ3v) is 4.52. The van der Waals surface area contributed by atoms with E-state index in [1.165, 1.54) is 42.6 Å². The van der Waals surface area contributed by atoms with Gasteiger partial charge >= 0.3 is 0 Å². The first-order valence-electron chi connectivity index (χ1n) is 7.32. The fourth-order valence-electron chi connectivity index (χ4n) is 2.84. The summed E-state index contributed by atoms with van der Waals surface area (Å²) >= 11 is 0. The normalized spacial score (nSPS) is 24.4. The number of nitrogens with one attached hydrogen (secondary N) is 1. The van der Waals surface area contributed by atoms with Gasteiger partial charge in [-0.25, -0.2) is 0 Å². The molecule has 0 unspecified atom stereocenters. The molecule has 0 spiro atoms. The molecule has 1 fully saturated rings. The van der Waals surface area contributed by atoms with Crippen LogP contribution in [0, 0.1) is 26.7 Å². The molecule has 1 aliphatic rings. The minimum absolute atomic E-state index is 0.735. The van der Waals surface area contributed by atoms with Crippen LogP contribution in [0.2, 0.25) is 0 Å². The Hall–Kier alpha value is -0.830. The van der Waals surface area contributed by atoms with Gasteiger partial charge in [-0.15, -0.1) is 0 Å². The van der Waals surface area contributed by atoms with Crippen LogP contribution in [0.25, 0.3) is 0 Å². The van der Waals surface area contributed by atoms with Gasteiger partial charge in [0.2, 0.25) is 0 Å². The standard InChI is InChI=1S/C15H27N3/c1-11-5-7-15(8-6-11)16-9-10-18-14(4)12(2)13(3)17-18/h11,15-16H,5-10H2,1-4H3. The van der Waals surface area contributed by atoms with Gasteiger partial charge in [0.25, 0.3) is 0 Å². The Bertz CT molecular complexity index is 387. The molecule has 0 aliphatic heterocycles. The smallest absolute Gasteiger partial charge is 0.0625 e. The number of aromatic nitrogens is 2. The van der Waals surface area contributed by atoms with Crippen molar-refractivity contribution in [2.75, 3.05) is 6.54 Å². The monoisotopic (exact) mass is 249 g/mol. The number of hydrogen-bond acceptors (Lipinski definition) is 2. The van der Waals surface area contributed by atoms with E-state index in [2.05, 4.69) is 42.8 Å². The summed E-state index contributed by atoms with van der Waals surface area (Å²) in [4.78, 5) is 0. The van der Waals surface area contributed by atoms with Crippen LogP contribution in [0.3, 0.4) is 0 Å². The van der Waals surface area contributed by atoms with Crippen LogP contribution in [0.1, 0.15) is 49.6 Å². The van der Waals surface area contributed by atoms with Crippen molar-refractivity contribution in [1.29, 1.82) is 0 Å². The molecular formula is C15H27N3. The fraction of sp³-hybridized carbons (Fsp3) is 0.800. The maximum atomic E-state index is 4.58. The van der Waals surface area contributed by atoms with Crippen LogP contribution in [0.4, 0.5) is 0 Å². The predicted octanol–water partition coefficient (Wildman–Crippen LogP) is 2.98. The van der Waals surface area contributed by atoms with Gasteiger partial charge in [0, 0.05) is 18.3 Å². The lowest BCUT2D eigenvalue weighted by atomic mass is 9.87. The van der Waals surface area contributed by atoms with E-state index in [1.807, 2.05) is 0 Å². The number of hydrogen-bond donors (Lipinski definition) is 1. The van der Waals surface area contributed by atoms with E-state index in [-0.39, 0.29) is 0 Å². The lowest BCUT2D eigenvalue weighted by Gasteiger charge is -2.27. The van der Waals surface area contributed by atoms with E-state index in [4.69, 9.17) is 0 Å². The first kappa shape index (κ1) is 13.6. The predicted molar refractivity (Wildman–Crippen MR) is 75.9 cm³/mol. The van der Waals surface area contributed by atoms with E-state index in [0.717, 1.165) is 25.0 Å². The maximum Gasteiger partial charge on any atom is 0.0625 e. The molecule has 3 nitrogen and oxygen atoms in total. The molecule has 102 valence electrons. The van der Waals surface area contributed by atoms with Crippen molar-refractivity contribution in [1.82, 2.24) is 15.1 Å². The molecule has 18 heavy (non-hydrogen) atoms. The summed E-state index contributed by atoms with van der Waals surface area (Å²) in [7, 11) is 0. The van der Waals surface area contributed by atoms with Gasteiger partial charge in [-0.3, -0.25) is 4.68 Å². The molecule has 1 saturated carbocycles. The van der Waals surface area contributed by atoms with E-state index in [9.17, 15) is 0 Å². The minimum atomic E-state index is 0.735. The van der Waals surface area contributed by atoms with Crippen molar-refractivity contribution in [2.45, 2.75) is 66.0 Å². The highest BCUT2D eigenvalue weighted by Gasteiger charge is 2.17. The summed E-state index contributed by atoms with van der Waals surface area (Å²) < 4.78 is 2.14. The van der Waals surface area contributed by atoms with Gasteiger partial charge in [-0.2, -0.15) is 5.10 Å². The van der Waals surface area contributed by atoms with E-state index in [0.29, 0.717) is 0 Å². The highest BCUT2D eigenvalue weighted by atomic mass is 15.3. The molecule has 1 aromatic heterocycles. The number of aryl methyl sites for hydroxylation is 1. The van der Waals surface area contributed by atoms with E-state index >= 15 is 0 Å². The van der Waals surface area contributed by atoms with Crippen molar-refractivity contribution in [3.8, 4) is 0 Å². The molecule has 2 rings (SSSR count). The molecule has 0 bridgehead atoms. The Morgan fingerprint density at radius 2 is 1.83 bits per heavy atom. The summed E-state index contributed by atoms with van der Waals surface area (Å²) in [5.41, 5.74) is 3.81. The van der Waals surface area contributed by atoms with Crippen molar-refractivity contribution in [3.63, 3.8) is 0 Å². The molecule has 0 amide bonds. The van der Waals surface area contributed by atoms with Gasteiger partial charge in [-0.1, -0.05) is 6.92 Å². The Morgan fingerprint density at radius 1 is 1.17 bits per heavy atom. The average molecular weight is 249 g/mol. The average Bonchev–Trinajstić information content (AvgIpc) is 2.60. The second-order valence-corrected chi connectivity index (χ2v) is 5.93. The van der Waals surface area contributed by atoms with Crippen LogP contribution >= 0.6 is 0 Å². The van der Waals surface area contributed by atoms with Crippen LogP contribution in [-0.4, -0.2) is 22.4 Å². The highest BCUT2D eigenvalue weighted by Crippen LogP contribution is 2.23. The molecule has 1 aliphatic carbocycles. The first-order chi connectivity index (χ1) is 8.58. The van der Waals surface area contributed by atoms with Crippen molar-refractivity contribution in [3.05, 3.63) is 17.0 Å². The van der Waals surface area contributed by atoms with Crippen molar-refractivity contribution < 1.29 is 0 Å². The highest BCUT2D eigenvalue weighted by molar-refractivity contribution is 5.22. The fourth-order valence-corrected chi connectivity index (χ4v) is 2.84. The Labute approximate surface area is 111 Å². The lowest BCUT2D eigenvalue weighted by molar-refractivity contribution is 0.303. The van der Waals surface area contributed by atoms with Gasteiger partial charge < -0.3 is 5.32 Å². The molecule has 0 aromatic carbocycles. The second kappa shape index (κ2) is 5.87. The molecular weight excluding hydrogens is 222 g/mol. The largest absolute Gasteiger partial charge is 0.312 e. The summed E-state index contributed by atoms with van der Waals surface area (Å²) in [6, 6.07) is 0.735. The Balaban J connectivity index is 1.76. The number of rotatable bonds is 4. The molecule has 0 radical (unpaired) electrons. The zero-order chi connectivity index (χ0) is 13.1. The van der Waals surface area contributed by atoms with Crippen LogP contribution in [0.5, 0.6) is 0 Å². The Morgan fingerprint density at radius 3 is 2.39 bits per heavy atom. The summed E-state index contributed by atoms with van der Waals surface area (Å²) in [6.07, 6.45) is 5.46. The summed E-state index contributed by atoms with van der Waals surface area (Å²) in [5, 5.41) is 8.27. The minimum Gasteiger partial charge on any atom is -0.312 e. The SMILES string of the molecule is Cc1nn(CCNC2CCC(C)CC2)c(C)c1C. The summed E-state index contributed by atoms with van der Waals surface area (Å²) in [6.45, 7) is 10.8. The van der Waals surface area contributed by atoms with Crippen LogP contribution in [-0.2, 0) is 6.54 Å². The third-order valence-electron chi connectivity index (χ3n) is 4.52. The summed E-state index contributed by atoms with van der Waals surface area (Å²) in [5.74, 6) is 0.932. The Kier molecular flexibility index (Phi) is 4.44. The third kappa shape index (κ3) is 3.14. The molecule has 1 N–H and O–H groups in total. The zero-order valence-corrected chi connectivity index (χ0v) is 12.3.